The maximum atomic E-state index is 6.15. The number of benzene rings is 1. The molecule has 2 heteroatoms. The van der Waals surface area contributed by atoms with E-state index in [1.807, 2.05) is 0 Å². The first-order valence-electron chi connectivity index (χ1n) is 8.77. The van der Waals surface area contributed by atoms with Crippen LogP contribution in [0.4, 0.5) is 0 Å². The fourth-order valence-corrected chi connectivity index (χ4v) is 3.84. The van der Waals surface area contributed by atoms with Gasteiger partial charge in [-0.3, -0.25) is 4.90 Å². The van der Waals surface area contributed by atoms with Crippen LogP contribution in [0, 0.1) is 0 Å². The third-order valence-corrected chi connectivity index (χ3v) is 5.03. The summed E-state index contributed by atoms with van der Waals surface area (Å²) in [7, 11) is 0. The lowest BCUT2D eigenvalue weighted by Gasteiger charge is -2.42. The second-order valence-electron chi connectivity index (χ2n) is 6.61. The molecule has 0 radical (unpaired) electrons. The maximum absolute atomic E-state index is 6.15. The number of hydrogen-bond donors (Lipinski definition) is 1. The van der Waals surface area contributed by atoms with E-state index in [0.29, 0.717) is 12.0 Å². The summed E-state index contributed by atoms with van der Waals surface area (Å²) in [5.41, 5.74) is 7.59. The van der Waals surface area contributed by atoms with Crippen molar-refractivity contribution in [3.63, 3.8) is 0 Å². The van der Waals surface area contributed by atoms with Gasteiger partial charge in [0.25, 0.3) is 0 Å². The van der Waals surface area contributed by atoms with Crippen LogP contribution in [-0.4, -0.2) is 30.1 Å². The minimum atomic E-state index is 0.539. The predicted octanol–water partition coefficient (Wildman–Crippen LogP) is 4.16. The number of hydrogen-bond acceptors (Lipinski definition) is 2. The van der Waals surface area contributed by atoms with Crippen LogP contribution in [0.3, 0.4) is 0 Å². The molecule has 1 aliphatic rings. The lowest BCUT2D eigenvalue weighted by atomic mass is 9.90. The Kier molecular flexibility index (Phi) is 6.72. The molecule has 0 aromatic heterocycles. The fraction of sp³-hybridized carbons (Fsp3) is 0.684. The molecule has 1 saturated heterocycles. The molecule has 21 heavy (non-hydrogen) atoms. The van der Waals surface area contributed by atoms with E-state index in [0.717, 1.165) is 12.6 Å². The molecular formula is C19H32N2. The van der Waals surface area contributed by atoms with E-state index in [4.69, 9.17) is 5.73 Å². The first kappa shape index (κ1) is 16.5. The molecule has 2 nitrogen and oxygen atoms in total. The Morgan fingerprint density at radius 3 is 2.67 bits per heavy atom. The molecule has 3 atom stereocenters. The molecule has 0 spiro atoms. The molecule has 0 bridgehead atoms. The van der Waals surface area contributed by atoms with Crippen molar-refractivity contribution in [1.29, 1.82) is 0 Å². The topological polar surface area (TPSA) is 29.3 Å². The molecular weight excluding hydrogens is 256 g/mol. The first-order chi connectivity index (χ1) is 10.3. The molecule has 2 N–H and O–H groups in total. The molecule has 0 amide bonds. The number of rotatable bonds is 7. The highest BCUT2D eigenvalue weighted by Crippen LogP contribution is 2.28. The van der Waals surface area contributed by atoms with Gasteiger partial charge in [-0.25, -0.2) is 0 Å². The predicted molar refractivity (Wildman–Crippen MR) is 91.6 cm³/mol. The van der Waals surface area contributed by atoms with E-state index >= 15 is 0 Å². The largest absolute Gasteiger partial charge is 0.329 e. The standard InChI is InChI=1S/C19H32N2/c1-3-9-18-12-7-8-13-21(18)19(15-20)14-16(2)17-10-5-4-6-11-17/h4-6,10-11,16,18-19H,3,7-9,12-15,20H2,1-2H3. The average molecular weight is 288 g/mol. The van der Waals surface area contributed by atoms with Crippen LogP contribution in [0.2, 0.25) is 0 Å². The van der Waals surface area contributed by atoms with Crippen molar-refractivity contribution in [3.8, 4) is 0 Å². The van der Waals surface area contributed by atoms with Crippen LogP contribution >= 0.6 is 0 Å². The molecule has 2 rings (SSSR count). The number of nitrogens with two attached hydrogens (primary N) is 1. The Labute approximate surface area is 130 Å². The third-order valence-electron chi connectivity index (χ3n) is 5.03. The molecule has 0 saturated carbocycles. The van der Waals surface area contributed by atoms with Crippen molar-refractivity contribution < 1.29 is 0 Å². The Bertz CT molecular complexity index is 388. The number of likely N-dealkylation sites (tertiary alicyclic amines) is 1. The highest BCUT2D eigenvalue weighted by molar-refractivity contribution is 5.19. The molecule has 0 aliphatic carbocycles. The van der Waals surface area contributed by atoms with Crippen molar-refractivity contribution in [2.45, 2.75) is 70.4 Å². The van der Waals surface area contributed by atoms with Gasteiger partial charge in [0.05, 0.1) is 0 Å². The van der Waals surface area contributed by atoms with E-state index < -0.39 is 0 Å². The zero-order valence-corrected chi connectivity index (χ0v) is 13.8. The van der Waals surface area contributed by atoms with Gasteiger partial charge in [0.1, 0.15) is 0 Å². The van der Waals surface area contributed by atoms with Gasteiger partial charge in [0.15, 0.2) is 0 Å². The quantitative estimate of drug-likeness (QED) is 0.816. The van der Waals surface area contributed by atoms with Crippen molar-refractivity contribution in [2.24, 2.45) is 5.73 Å². The average Bonchev–Trinajstić information content (AvgIpc) is 2.54. The van der Waals surface area contributed by atoms with Gasteiger partial charge in [-0.2, -0.15) is 0 Å². The van der Waals surface area contributed by atoms with E-state index in [2.05, 4.69) is 49.1 Å². The molecule has 118 valence electrons. The van der Waals surface area contributed by atoms with Crippen LogP contribution in [-0.2, 0) is 0 Å². The highest BCUT2D eigenvalue weighted by Gasteiger charge is 2.28. The van der Waals surface area contributed by atoms with Gasteiger partial charge in [0.2, 0.25) is 0 Å². The summed E-state index contributed by atoms with van der Waals surface area (Å²) in [6.07, 6.45) is 7.90. The maximum Gasteiger partial charge on any atom is 0.0227 e. The van der Waals surface area contributed by atoms with Gasteiger partial charge in [-0.1, -0.05) is 57.0 Å². The van der Waals surface area contributed by atoms with Crippen LogP contribution < -0.4 is 5.73 Å². The summed E-state index contributed by atoms with van der Waals surface area (Å²) in [4.78, 5) is 2.73. The second kappa shape index (κ2) is 8.55. The van der Waals surface area contributed by atoms with E-state index in [-0.39, 0.29) is 0 Å². The Morgan fingerprint density at radius 1 is 1.24 bits per heavy atom. The Balaban J connectivity index is 2.00. The minimum absolute atomic E-state index is 0.539. The number of nitrogens with zero attached hydrogens (tertiary/aromatic N) is 1. The SMILES string of the molecule is CCCC1CCCCN1C(CN)CC(C)c1ccccc1. The molecule has 3 unspecified atom stereocenters. The molecule has 1 aromatic rings. The van der Waals surface area contributed by atoms with Crippen LogP contribution in [0.1, 0.15) is 63.9 Å². The first-order valence-corrected chi connectivity index (χ1v) is 8.77. The molecule has 1 aliphatic heterocycles. The van der Waals surface area contributed by atoms with Crippen molar-refractivity contribution >= 4 is 0 Å². The van der Waals surface area contributed by atoms with Crippen molar-refractivity contribution in [1.82, 2.24) is 4.90 Å². The fourth-order valence-electron chi connectivity index (χ4n) is 3.84. The molecule has 1 fully saturated rings. The summed E-state index contributed by atoms with van der Waals surface area (Å²) in [6, 6.07) is 12.2. The summed E-state index contributed by atoms with van der Waals surface area (Å²) in [5, 5.41) is 0. The van der Waals surface area contributed by atoms with Crippen LogP contribution in [0.5, 0.6) is 0 Å². The zero-order chi connectivity index (χ0) is 15.1. The summed E-state index contributed by atoms with van der Waals surface area (Å²) < 4.78 is 0. The van der Waals surface area contributed by atoms with E-state index in [1.54, 1.807) is 0 Å². The normalized spacial score (nSPS) is 22.9. The molecule has 1 heterocycles. The third kappa shape index (κ3) is 4.55. The monoisotopic (exact) mass is 288 g/mol. The summed E-state index contributed by atoms with van der Waals surface area (Å²) in [6.45, 7) is 6.68. The summed E-state index contributed by atoms with van der Waals surface area (Å²) in [5.74, 6) is 0.587. The van der Waals surface area contributed by atoms with Crippen LogP contribution in [0.15, 0.2) is 30.3 Å². The minimum Gasteiger partial charge on any atom is -0.329 e. The Hall–Kier alpha value is -0.860. The van der Waals surface area contributed by atoms with Gasteiger partial charge >= 0.3 is 0 Å². The molecule has 1 aromatic carbocycles. The lowest BCUT2D eigenvalue weighted by Crippen LogP contribution is -2.49. The lowest BCUT2D eigenvalue weighted by molar-refractivity contribution is 0.0838. The zero-order valence-electron chi connectivity index (χ0n) is 13.8. The highest BCUT2D eigenvalue weighted by atomic mass is 15.2. The van der Waals surface area contributed by atoms with Crippen molar-refractivity contribution in [3.05, 3.63) is 35.9 Å². The number of piperidine rings is 1. The van der Waals surface area contributed by atoms with E-state index in [1.165, 1.54) is 50.6 Å². The van der Waals surface area contributed by atoms with Crippen LogP contribution in [0.25, 0.3) is 0 Å². The second-order valence-corrected chi connectivity index (χ2v) is 6.61. The van der Waals surface area contributed by atoms with E-state index in [9.17, 15) is 0 Å². The Morgan fingerprint density at radius 2 is 2.00 bits per heavy atom. The van der Waals surface area contributed by atoms with Crippen molar-refractivity contribution in [2.75, 3.05) is 13.1 Å². The van der Waals surface area contributed by atoms with Gasteiger partial charge < -0.3 is 5.73 Å². The van der Waals surface area contributed by atoms with Gasteiger partial charge in [-0.15, -0.1) is 0 Å². The summed E-state index contributed by atoms with van der Waals surface area (Å²) >= 11 is 0. The van der Waals surface area contributed by atoms with Gasteiger partial charge in [-0.05, 0) is 43.7 Å². The smallest absolute Gasteiger partial charge is 0.0227 e. The van der Waals surface area contributed by atoms with Gasteiger partial charge in [0, 0.05) is 18.6 Å².